The van der Waals surface area contributed by atoms with Gasteiger partial charge >= 0.3 is 0 Å². The largest absolute Gasteiger partial charge is 0.508 e. The number of aromatic hydroxyl groups is 1. The number of hydrogen-bond donors (Lipinski definition) is 2. The fourth-order valence-electron chi connectivity index (χ4n) is 4.03. The lowest BCUT2D eigenvalue weighted by Gasteiger charge is -2.27. The lowest BCUT2D eigenvalue weighted by atomic mass is 9.94. The van der Waals surface area contributed by atoms with Gasteiger partial charge in [-0.15, -0.1) is 0 Å². The molecule has 6 nitrogen and oxygen atoms in total. The Kier molecular flexibility index (Phi) is 5.30. The molecule has 2 fully saturated rings. The van der Waals surface area contributed by atoms with Crippen LogP contribution in [0.25, 0.3) is 5.76 Å². The number of benzene rings is 2. The predicted molar refractivity (Wildman–Crippen MR) is 107 cm³/mol. The summed E-state index contributed by atoms with van der Waals surface area (Å²) in [6.07, 6.45) is 1.48. The van der Waals surface area contributed by atoms with E-state index in [0.717, 1.165) is 12.8 Å². The fourth-order valence-corrected chi connectivity index (χ4v) is 4.03. The van der Waals surface area contributed by atoms with Crippen LogP contribution in [0.15, 0.2) is 48.0 Å². The lowest BCUT2D eigenvalue weighted by Crippen LogP contribution is -2.36. The van der Waals surface area contributed by atoms with E-state index in [4.69, 9.17) is 4.74 Å². The van der Waals surface area contributed by atoms with Crippen LogP contribution in [0.2, 0.25) is 0 Å². The molecule has 2 aromatic rings. The first-order valence-corrected chi connectivity index (χ1v) is 9.82. The summed E-state index contributed by atoms with van der Waals surface area (Å²) in [7, 11) is 0. The van der Waals surface area contributed by atoms with E-state index in [1.807, 2.05) is 0 Å². The molecule has 1 amide bonds. The third-order valence-corrected chi connectivity index (χ3v) is 5.60. The smallest absolute Gasteiger partial charge is 0.295 e. The number of phenols is 1. The van der Waals surface area contributed by atoms with Gasteiger partial charge in [-0.2, -0.15) is 0 Å². The molecule has 2 unspecified atom stereocenters. The third kappa shape index (κ3) is 3.57. The normalized spacial score (nSPS) is 23.3. The highest BCUT2D eigenvalue weighted by molar-refractivity contribution is 6.46. The van der Waals surface area contributed by atoms with Crippen molar-refractivity contribution < 1.29 is 28.9 Å². The Bertz CT molecular complexity index is 1020. The number of nitrogens with zero attached hydrogens (tertiary/aromatic N) is 1. The second kappa shape index (κ2) is 7.91. The summed E-state index contributed by atoms with van der Waals surface area (Å²) >= 11 is 0. The quantitative estimate of drug-likeness (QED) is 0.457. The number of aryl methyl sites for hydroxylation is 1. The number of Topliss-reactive ketones (excluding diaryl/α,β-unsaturated/α-hetero) is 1. The fraction of sp³-hybridized carbons (Fsp3) is 0.304. The summed E-state index contributed by atoms with van der Waals surface area (Å²) in [5, 5.41) is 20.6. The molecule has 2 aliphatic rings. The van der Waals surface area contributed by atoms with E-state index in [9.17, 15) is 24.2 Å². The molecule has 2 aliphatic heterocycles. The topological polar surface area (TPSA) is 87.1 Å². The maximum absolute atomic E-state index is 13.7. The molecule has 2 N–H and O–H groups in total. The second-order valence-corrected chi connectivity index (χ2v) is 7.64. The molecule has 2 atom stereocenters. The number of carbonyl (C=O) groups is 2. The van der Waals surface area contributed by atoms with E-state index in [1.54, 1.807) is 19.1 Å². The molecule has 2 heterocycles. The first-order chi connectivity index (χ1) is 14.4. The van der Waals surface area contributed by atoms with Gasteiger partial charge in [-0.25, -0.2) is 4.39 Å². The summed E-state index contributed by atoms with van der Waals surface area (Å²) < 4.78 is 19.3. The molecule has 2 aromatic carbocycles. The molecule has 0 radical (unpaired) electrons. The summed E-state index contributed by atoms with van der Waals surface area (Å²) in [4.78, 5) is 27.2. The SMILES string of the molecule is Cc1cc(/C(O)=C2/C(=O)C(=O)N(CC3CCCO3)C2c2ccc(O)cc2)ccc1F. The highest BCUT2D eigenvalue weighted by Crippen LogP contribution is 2.40. The zero-order valence-electron chi connectivity index (χ0n) is 16.5. The molecule has 0 aliphatic carbocycles. The van der Waals surface area contributed by atoms with E-state index in [0.29, 0.717) is 17.7 Å². The number of ketones is 1. The van der Waals surface area contributed by atoms with Crippen molar-refractivity contribution in [3.8, 4) is 5.75 Å². The Balaban J connectivity index is 1.83. The molecule has 4 rings (SSSR count). The maximum Gasteiger partial charge on any atom is 0.295 e. The van der Waals surface area contributed by atoms with Gasteiger partial charge in [-0.1, -0.05) is 12.1 Å². The molecule has 0 bridgehead atoms. The summed E-state index contributed by atoms with van der Waals surface area (Å²) in [6.45, 7) is 2.38. The Morgan fingerprint density at radius 3 is 2.57 bits per heavy atom. The second-order valence-electron chi connectivity index (χ2n) is 7.64. The van der Waals surface area contributed by atoms with Crippen LogP contribution in [-0.4, -0.2) is 46.1 Å². The van der Waals surface area contributed by atoms with Crippen molar-refractivity contribution in [2.24, 2.45) is 0 Å². The number of ether oxygens (including phenoxy) is 1. The molecule has 0 aromatic heterocycles. The minimum atomic E-state index is -0.833. The van der Waals surface area contributed by atoms with Gasteiger partial charge in [0.1, 0.15) is 17.3 Å². The van der Waals surface area contributed by atoms with E-state index in [2.05, 4.69) is 0 Å². The van der Waals surface area contributed by atoms with Crippen LogP contribution in [0, 0.1) is 12.7 Å². The van der Waals surface area contributed by atoms with Gasteiger partial charge in [0, 0.05) is 18.7 Å². The Labute approximate surface area is 173 Å². The van der Waals surface area contributed by atoms with Gasteiger partial charge < -0.3 is 19.8 Å². The van der Waals surface area contributed by atoms with Crippen molar-refractivity contribution in [1.82, 2.24) is 4.90 Å². The minimum Gasteiger partial charge on any atom is -0.508 e. The lowest BCUT2D eigenvalue weighted by molar-refractivity contribution is -0.140. The van der Waals surface area contributed by atoms with Gasteiger partial charge in [0.05, 0.1) is 17.7 Å². The maximum atomic E-state index is 13.7. The number of halogens is 1. The van der Waals surface area contributed by atoms with Gasteiger partial charge in [0.15, 0.2) is 0 Å². The van der Waals surface area contributed by atoms with E-state index < -0.39 is 23.5 Å². The van der Waals surface area contributed by atoms with Crippen LogP contribution in [0.3, 0.4) is 0 Å². The van der Waals surface area contributed by atoms with Crippen molar-refractivity contribution in [1.29, 1.82) is 0 Å². The predicted octanol–water partition coefficient (Wildman–Crippen LogP) is 3.44. The van der Waals surface area contributed by atoms with Crippen molar-refractivity contribution in [2.45, 2.75) is 31.9 Å². The standard InChI is InChI=1S/C23H22FNO5/c1-13-11-15(6-9-18(13)24)21(27)19-20(14-4-7-16(26)8-5-14)25(23(29)22(19)28)12-17-3-2-10-30-17/h4-9,11,17,20,26-27H,2-3,10,12H2,1H3/b21-19-. The van der Waals surface area contributed by atoms with Gasteiger partial charge in [-0.05, 0) is 61.2 Å². The van der Waals surface area contributed by atoms with Crippen LogP contribution in [0.1, 0.15) is 35.6 Å². The van der Waals surface area contributed by atoms with E-state index in [1.165, 1.54) is 35.2 Å². The Hall–Kier alpha value is -3.19. The number of rotatable bonds is 4. The molecule has 0 spiro atoms. The molecular weight excluding hydrogens is 389 g/mol. The van der Waals surface area contributed by atoms with Crippen molar-refractivity contribution in [3.63, 3.8) is 0 Å². The Morgan fingerprint density at radius 1 is 1.20 bits per heavy atom. The molecular formula is C23H22FNO5. The highest BCUT2D eigenvalue weighted by Gasteiger charge is 2.47. The summed E-state index contributed by atoms with van der Waals surface area (Å²) in [5.41, 5.74) is 1.08. The van der Waals surface area contributed by atoms with E-state index >= 15 is 0 Å². The molecule has 30 heavy (non-hydrogen) atoms. The molecule has 0 saturated carbocycles. The summed E-state index contributed by atoms with van der Waals surface area (Å²) in [6, 6.07) is 9.33. The van der Waals surface area contributed by atoms with Gasteiger partial charge in [0.25, 0.3) is 11.7 Å². The van der Waals surface area contributed by atoms with Crippen LogP contribution >= 0.6 is 0 Å². The first kappa shape index (κ1) is 20.1. The third-order valence-electron chi connectivity index (χ3n) is 5.60. The number of phenolic OH excluding ortho intramolecular Hbond substituents is 1. The Morgan fingerprint density at radius 2 is 1.93 bits per heavy atom. The molecule has 156 valence electrons. The van der Waals surface area contributed by atoms with Crippen LogP contribution in [0.5, 0.6) is 5.75 Å². The molecule has 7 heteroatoms. The van der Waals surface area contributed by atoms with Crippen LogP contribution in [-0.2, 0) is 14.3 Å². The van der Waals surface area contributed by atoms with Gasteiger partial charge in [-0.3, -0.25) is 9.59 Å². The average Bonchev–Trinajstić information content (AvgIpc) is 3.33. The van der Waals surface area contributed by atoms with Crippen molar-refractivity contribution in [2.75, 3.05) is 13.2 Å². The minimum absolute atomic E-state index is 0.0454. The van der Waals surface area contributed by atoms with Gasteiger partial charge in [0.2, 0.25) is 0 Å². The number of aliphatic hydroxyl groups is 1. The highest BCUT2D eigenvalue weighted by atomic mass is 19.1. The number of carbonyl (C=O) groups excluding carboxylic acids is 2. The average molecular weight is 411 g/mol. The van der Waals surface area contributed by atoms with Crippen molar-refractivity contribution >= 4 is 17.4 Å². The zero-order valence-corrected chi connectivity index (χ0v) is 16.5. The first-order valence-electron chi connectivity index (χ1n) is 9.82. The van der Waals surface area contributed by atoms with Crippen LogP contribution < -0.4 is 0 Å². The van der Waals surface area contributed by atoms with Crippen LogP contribution in [0.4, 0.5) is 4.39 Å². The van der Waals surface area contributed by atoms with E-state index in [-0.39, 0.29) is 35.3 Å². The number of amides is 1. The zero-order chi connectivity index (χ0) is 21.4. The number of aliphatic hydroxyl groups excluding tert-OH is 1. The monoisotopic (exact) mass is 411 g/mol. The van der Waals surface area contributed by atoms with Crippen molar-refractivity contribution in [3.05, 3.63) is 70.5 Å². The number of likely N-dealkylation sites (tertiary alicyclic amines) is 1. The molecule has 2 saturated heterocycles. The number of hydrogen-bond acceptors (Lipinski definition) is 5. The summed E-state index contributed by atoms with van der Waals surface area (Å²) in [5.74, 6) is -2.26.